The van der Waals surface area contributed by atoms with E-state index in [0.29, 0.717) is 12.6 Å². The summed E-state index contributed by atoms with van der Waals surface area (Å²) in [6.45, 7) is 7.16. The van der Waals surface area contributed by atoms with Crippen molar-refractivity contribution in [1.29, 1.82) is 0 Å². The van der Waals surface area contributed by atoms with Crippen molar-refractivity contribution in [3.63, 3.8) is 0 Å². The third kappa shape index (κ3) is 4.80. The number of rotatable bonds is 8. The minimum atomic E-state index is -0.160. The van der Waals surface area contributed by atoms with Crippen LogP contribution in [0.3, 0.4) is 0 Å². The Morgan fingerprint density at radius 1 is 1.25 bits per heavy atom. The molecule has 1 aromatic carbocycles. The van der Waals surface area contributed by atoms with Crippen molar-refractivity contribution < 1.29 is 9.84 Å². The fourth-order valence-corrected chi connectivity index (χ4v) is 2.59. The summed E-state index contributed by atoms with van der Waals surface area (Å²) in [4.78, 5) is 0. The molecule has 0 spiro atoms. The van der Waals surface area contributed by atoms with Crippen LogP contribution in [0.1, 0.15) is 43.7 Å². The molecule has 0 heterocycles. The molecule has 0 radical (unpaired) electrons. The first-order valence-electron chi connectivity index (χ1n) is 7.60. The molecule has 20 heavy (non-hydrogen) atoms. The van der Waals surface area contributed by atoms with Gasteiger partial charge in [0.25, 0.3) is 0 Å². The number of aliphatic hydroxyl groups excluding tert-OH is 1. The lowest BCUT2D eigenvalue weighted by molar-refractivity contribution is 0.154. The van der Waals surface area contributed by atoms with Crippen LogP contribution in [0.25, 0.3) is 0 Å². The third-order valence-corrected chi connectivity index (χ3v) is 3.82. The van der Waals surface area contributed by atoms with E-state index in [-0.39, 0.29) is 12.1 Å². The van der Waals surface area contributed by atoms with Gasteiger partial charge in [-0.05, 0) is 69.7 Å². The van der Waals surface area contributed by atoms with Crippen LogP contribution < -0.4 is 10.1 Å². The smallest absolute Gasteiger partial charge is 0.119 e. The van der Waals surface area contributed by atoms with Crippen molar-refractivity contribution in [2.24, 2.45) is 0 Å². The van der Waals surface area contributed by atoms with E-state index in [1.807, 2.05) is 0 Å². The van der Waals surface area contributed by atoms with Crippen molar-refractivity contribution in [2.75, 3.05) is 13.2 Å². The summed E-state index contributed by atoms with van der Waals surface area (Å²) in [5, 5.41) is 13.1. The Labute approximate surface area is 122 Å². The Morgan fingerprint density at radius 3 is 2.45 bits per heavy atom. The second-order valence-corrected chi connectivity index (χ2v) is 6.41. The quantitative estimate of drug-likeness (QED) is 0.718. The van der Waals surface area contributed by atoms with Gasteiger partial charge in [0.1, 0.15) is 5.75 Å². The maximum atomic E-state index is 9.55. The molecule has 0 aliphatic heterocycles. The molecule has 1 atom stereocenters. The topological polar surface area (TPSA) is 41.5 Å². The molecule has 1 saturated carbocycles. The van der Waals surface area contributed by atoms with E-state index in [0.717, 1.165) is 18.6 Å². The summed E-state index contributed by atoms with van der Waals surface area (Å²) in [5.74, 6) is 0.948. The van der Waals surface area contributed by atoms with Crippen LogP contribution in [0.5, 0.6) is 5.75 Å². The van der Waals surface area contributed by atoms with E-state index >= 15 is 0 Å². The van der Waals surface area contributed by atoms with E-state index in [9.17, 15) is 5.11 Å². The van der Waals surface area contributed by atoms with Gasteiger partial charge in [-0.3, -0.25) is 0 Å². The second-order valence-electron chi connectivity index (χ2n) is 6.41. The Bertz CT molecular complexity index is 422. The van der Waals surface area contributed by atoms with Crippen LogP contribution in [0.2, 0.25) is 0 Å². The normalized spacial score (nSPS) is 17.8. The van der Waals surface area contributed by atoms with Crippen LogP contribution >= 0.6 is 0 Å². The monoisotopic (exact) mass is 277 g/mol. The van der Waals surface area contributed by atoms with Gasteiger partial charge in [-0.1, -0.05) is 6.07 Å². The number of aryl methyl sites for hydroxylation is 2. The van der Waals surface area contributed by atoms with E-state index in [1.165, 1.54) is 24.0 Å². The van der Waals surface area contributed by atoms with Gasteiger partial charge in [0.05, 0.1) is 13.2 Å². The van der Waals surface area contributed by atoms with Gasteiger partial charge < -0.3 is 15.2 Å². The molecule has 0 amide bonds. The molecule has 2 N–H and O–H groups in total. The molecule has 1 fully saturated rings. The minimum absolute atomic E-state index is 0.160. The average Bonchev–Trinajstić information content (AvgIpc) is 3.17. The van der Waals surface area contributed by atoms with E-state index in [1.54, 1.807) is 0 Å². The Balaban J connectivity index is 1.74. The summed E-state index contributed by atoms with van der Waals surface area (Å²) in [5.41, 5.74) is 2.30. The predicted molar refractivity (Wildman–Crippen MR) is 82.3 cm³/mol. The van der Waals surface area contributed by atoms with Gasteiger partial charge in [-0.15, -0.1) is 0 Å². The van der Waals surface area contributed by atoms with Crippen molar-refractivity contribution in [2.45, 2.75) is 58.0 Å². The number of aliphatic hydroxyl groups is 1. The van der Waals surface area contributed by atoms with Gasteiger partial charge in [-0.2, -0.15) is 0 Å². The lowest BCUT2D eigenvalue weighted by Crippen LogP contribution is -2.47. The van der Waals surface area contributed by atoms with Crippen LogP contribution in [0, 0.1) is 13.8 Å². The molecule has 112 valence electrons. The molecule has 3 nitrogen and oxygen atoms in total. The maximum Gasteiger partial charge on any atom is 0.119 e. The Hall–Kier alpha value is -1.06. The van der Waals surface area contributed by atoms with Crippen LogP contribution in [0.4, 0.5) is 0 Å². The highest BCUT2D eigenvalue weighted by molar-refractivity contribution is 5.32. The summed E-state index contributed by atoms with van der Waals surface area (Å²) >= 11 is 0. The predicted octanol–water partition coefficient (Wildman–Crippen LogP) is 2.97. The van der Waals surface area contributed by atoms with Gasteiger partial charge in [0.2, 0.25) is 0 Å². The first kappa shape index (κ1) is 15.3. The largest absolute Gasteiger partial charge is 0.494 e. The SMILES string of the molecule is Cc1cc(C)cc(OCCCC(C)(CO)NC2CC2)c1. The number of nitrogens with one attached hydrogen (secondary N) is 1. The molecule has 0 bridgehead atoms. The number of hydrogen-bond acceptors (Lipinski definition) is 3. The molecule has 3 heteroatoms. The van der Waals surface area contributed by atoms with Crippen LogP contribution in [-0.2, 0) is 0 Å². The minimum Gasteiger partial charge on any atom is -0.494 e. The van der Waals surface area contributed by atoms with Crippen LogP contribution in [-0.4, -0.2) is 29.9 Å². The molecule has 1 aliphatic carbocycles. The lowest BCUT2D eigenvalue weighted by Gasteiger charge is -2.29. The summed E-state index contributed by atoms with van der Waals surface area (Å²) in [6, 6.07) is 6.91. The van der Waals surface area contributed by atoms with Gasteiger partial charge >= 0.3 is 0 Å². The fourth-order valence-electron chi connectivity index (χ4n) is 2.59. The molecule has 0 aromatic heterocycles. The molecular formula is C17H27NO2. The second kappa shape index (κ2) is 6.59. The third-order valence-electron chi connectivity index (χ3n) is 3.82. The highest BCUT2D eigenvalue weighted by Gasteiger charge is 2.31. The first-order valence-corrected chi connectivity index (χ1v) is 7.60. The van der Waals surface area contributed by atoms with Gasteiger partial charge in [-0.25, -0.2) is 0 Å². The standard InChI is InChI=1S/C17H27NO2/c1-13-9-14(2)11-16(10-13)20-8-4-7-17(3,12-19)18-15-5-6-15/h9-11,15,18-19H,4-8,12H2,1-3H3. The molecular weight excluding hydrogens is 250 g/mol. The summed E-state index contributed by atoms with van der Waals surface area (Å²) < 4.78 is 5.82. The van der Waals surface area contributed by atoms with Crippen molar-refractivity contribution in [3.05, 3.63) is 29.3 Å². The first-order chi connectivity index (χ1) is 9.50. The highest BCUT2D eigenvalue weighted by atomic mass is 16.5. The van der Waals surface area contributed by atoms with Crippen molar-refractivity contribution in [1.82, 2.24) is 5.32 Å². The van der Waals surface area contributed by atoms with Crippen LogP contribution in [0.15, 0.2) is 18.2 Å². The average molecular weight is 277 g/mol. The highest BCUT2D eigenvalue weighted by Crippen LogP contribution is 2.24. The fraction of sp³-hybridized carbons (Fsp3) is 0.647. The molecule has 2 rings (SSSR count). The zero-order chi connectivity index (χ0) is 14.6. The summed E-state index contributed by atoms with van der Waals surface area (Å²) in [7, 11) is 0. The van der Waals surface area contributed by atoms with E-state index < -0.39 is 0 Å². The van der Waals surface area contributed by atoms with E-state index in [2.05, 4.69) is 44.3 Å². The van der Waals surface area contributed by atoms with Crippen molar-refractivity contribution >= 4 is 0 Å². The Kier molecular flexibility index (Phi) is 5.06. The zero-order valence-corrected chi connectivity index (χ0v) is 12.9. The molecule has 1 aliphatic rings. The van der Waals surface area contributed by atoms with Gasteiger partial charge in [0.15, 0.2) is 0 Å². The molecule has 1 unspecified atom stereocenters. The van der Waals surface area contributed by atoms with Crippen molar-refractivity contribution in [3.8, 4) is 5.75 Å². The van der Waals surface area contributed by atoms with Gasteiger partial charge in [0, 0.05) is 11.6 Å². The Morgan fingerprint density at radius 2 is 1.90 bits per heavy atom. The maximum absolute atomic E-state index is 9.55. The number of benzene rings is 1. The lowest BCUT2D eigenvalue weighted by atomic mass is 9.97. The summed E-state index contributed by atoms with van der Waals surface area (Å²) in [6.07, 6.45) is 4.37. The molecule has 0 saturated heterocycles. The zero-order valence-electron chi connectivity index (χ0n) is 12.9. The number of hydrogen-bond donors (Lipinski definition) is 2. The number of ether oxygens (including phenoxy) is 1. The van der Waals surface area contributed by atoms with E-state index in [4.69, 9.17) is 4.74 Å². The molecule has 1 aromatic rings.